The molecule has 0 spiro atoms. The highest BCUT2D eigenvalue weighted by Crippen LogP contribution is 2.08. The number of halogens is 1. The van der Waals surface area contributed by atoms with Gasteiger partial charge in [-0.15, -0.1) is 0 Å². The summed E-state index contributed by atoms with van der Waals surface area (Å²) in [5, 5.41) is 3.36. The van der Waals surface area contributed by atoms with Crippen molar-refractivity contribution < 1.29 is 9.13 Å². The topological polar surface area (TPSA) is 24.5 Å². The predicted octanol–water partition coefficient (Wildman–Crippen LogP) is 1.95. The van der Waals surface area contributed by atoms with E-state index in [0.717, 1.165) is 57.9 Å². The lowest BCUT2D eigenvalue weighted by molar-refractivity contribution is 0.0374. The number of rotatable bonds is 6. The Balaban J connectivity index is 1.59. The highest BCUT2D eigenvalue weighted by Gasteiger charge is 2.08. The molecule has 0 atom stereocenters. The van der Waals surface area contributed by atoms with Crippen molar-refractivity contribution in [1.29, 1.82) is 0 Å². The third kappa shape index (κ3) is 4.90. The summed E-state index contributed by atoms with van der Waals surface area (Å²) in [5.74, 6) is -0.118. The summed E-state index contributed by atoms with van der Waals surface area (Å²) in [6.45, 7) is 8.40. The number of aryl methyl sites for hydroxylation is 1. The monoisotopic (exact) mass is 266 g/mol. The van der Waals surface area contributed by atoms with E-state index in [2.05, 4.69) is 10.2 Å². The molecule has 0 radical (unpaired) electrons. The number of benzene rings is 1. The third-order valence-electron chi connectivity index (χ3n) is 3.50. The van der Waals surface area contributed by atoms with Gasteiger partial charge in [0.05, 0.1) is 13.2 Å². The lowest BCUT2D eigenvalue weighted by Crippen LogP contribution is -2.37. The fourth-order valence-corrected chi connectivity index (χ4v) is 2.23. The van der Waals surface area contributed by atoms with Crippen molar-refractivity contribution in [3.05, 3.63) is 35.1 Å². The molecule has 0 amide bonds. The number of nitrogens with zero attached hydrogens (tertiary/aromatic N) is 1. The zero-order valence-electron chi connectivity index (χ0n) is 11.6. The molecule has 1 heterocycles. The molecule has 0 saturated carbocycles. The number of hydrogen-bond acceptors (Lipinski definition) is 3. The van der Waals surface area contributed by atoms with E-state index >= 15 is 0 Å². The first kappa shape index (κ1) is 14.4. The fraction of sp³-hybridized carbons (Fsp3) is 0.600. The van der Waals surface area contributed by atoms with Gasteiger partial charge in [-0.05, 0) is 43.6 Å². The van der Waals surface area contributed by atoms with Crippen LogP contribution in [0.25, 0.3) is 0 Å². The van der Waals surface area contributed by atoms with Crippen molar-refractivity contribution in [2.24, 2.45) is 0 Å². The second-order valence-electron chi connectivity index (χ2n) is 5.07. The highest BCUT2D eigenvalue weighted by atomic mass is 19.1. The van der Waals surface area contributed by atoms with Gasteiger partial charge in [0.1, 0.15) is 5.82 Å². The highest BCUT2D eigenvalue weighted by molar-refractivity contribution is 5.23. The normalized spacial score (nSPS) is 16.7. The number of hydrogen-bond donors (Lipinski definition) is 1. The lowest BCUT2D eigenvalue weighted by atomic mass is 10.1. The van der Waals surface area contributed by atoms with Crippen molar-refractivity contribution >= 4 is 0 Å². The van der Waals surface area contributed by atoms with Crippen LogP contribution in [0, 0.1) is 12.7 Å². The zero-order chi connectivity index (χ0) is 13.5. The van der Waals surface area contributed by atoms with Gasteiger partial charge in [-0.1, -0.05) is 12.1 Å². The Labute approximate surface area is 114 Å². The molecule has 1 aromatic rings. The van der Waals surface area contributed by atoms with Gasteiger partial charge in [-0.3, -0.25) is 4.90 Å². The molecule has 0 unspecified atom stereocenters. The molecular weight excluding hydrogens is 243 g/mol. The van der Waals surface area contributed by atoms with Crippen molar-refractivity contribution in [1.82, 2.24) is 10.2 Å². The minimum atomic E-state index is -0.118. The SMILES string of the molecule is Cc1ccc(CNCCCN2CCOCC2)cc1F. The van der Waals surface area contributed by atoms with Crippen LogP contribution in [0.5, 0.6) is 0 Å². The van der Waals surface area contributed by atoms with Crippen LogP contribution in [-0.2, 0) is 11.3 Å². The molecule has 3 nitrogen and oxygen atoms in total. The molecule has 2 rings (SSSR count). The Morgan fingerprint density at radius 2 is 2.11 bits per heavy atom. The number of ether oxygens (including phenoxy) is 1. The maximum Gasteiger partial charge on any atom is 0.126 e. The van der Waals surface area contributed by atoms with Crippen molar-refractivity contribution in [2.75, 3.05) is 39.4 Å². The molecule has 1 aliphatic heterocycles. The third-order valence-corrected chi connectivity index (χ3v) is 3.50. The molecule has 1 aromatic carbocycles. The van der Waals surface area contributed by atoms with Gasteiger partial charge in [0.25, 0.3) is 0 Å². The van der Waals surface area contributed by atoms with E-state index in [9.17, 15) is 4.39 Å². The van der Waals surface area contributed by atoms with Crippen LogP contribution in [-0.4, -0.2) is 44.3 Å². The Morgan fingerprint density at radius 1 is 1.32 bits per heavy atom. The molecule has 1 saturated heterocycles. The van der Waals surface area contributed by atoms with Gasteiger partial charge in [0.2, 0.25) is 0 Å². The smallest absolute Gasteiger partial charge is 0.126 e. The molecule has 1 aliphatic rings. The molecule has 4 heteroatoms. The first-order valence-corrected chi connectivity index (χ1v) is 7.01. The summed E-state index contributed by atoms with van der Waals surface area (Å²) in [6.07, 6.45) is 1.12. The van der Waals surface area contributed by atoms with Crippen LogP contribution in [0.15, 0.2) is 18.2 Å². The van der Waals surface area contributed by atoms with E-state index < -0.39 is 0 Å². The second-order valence-corrected chi connectivity index (χ2v) is 5.07. The Kier molecular flexibility index (Phi) is 5.76. The van der Waals surface area contributed by atoms with E-state index in [0.29, 0.717) is 5.56 Å². The summed E-state index contributed by atoms with van der Waals surface area (Å²) in [4.78, 5) is 2.43. The van der Waals surface area contributed by atoms with E-state index in [1.54, 1.807) is 13.0 Å². The number of nitrogens with one attached hydrogen (secondary N) is 1. The van der Waals surface area contributed by atoms with Crippen molar-refractivity contribution in [2.45, 2.75) is 19.9 Å². The van der Waals surface area contributed by atoms with Crippen molar-refractivity contribution in [3.8, 4) is 0 Å². The maximum atomic E-state index is 13.4. The van der Waals surface area contributed by atoms with E-state index in [-0.39, 0.29) is 5.82 Å². The molecule has 106 valence electrons. The van der Waals surface area contributed by atoms with Gasteiger partial charge in [0, 0.05) is 19.6 Å². The standard InChI is InChI=1S/C15H23FN2O/c1-13-3-4-14(11-15(13)16)12-17-5-2-6-18-7-9-19-10-8-18/h3-4,11,17H,2,5-10,12H2,1H3. The molecule has 0 aliphatic carbocycles. The van der Waals surface area contributed by atoms with Crippen LogP contribution in [0.1, 0.15) is 17.5 Å². The Hall–Kier alpha value is -0.970. The van der Waals surface area contributed by atoms with Crippen LogP contribution in [0.3, 0.4) is 0 Å². The molecule has 1 N–H and O–H groups in total. The minimum absolute atomic E-state index is 0.118. The van der Waals surface area contributed by atoms with E-state index in [4.69, 9.17) is 4.74 Å². The summed E-state index contributed by atoms with van der Waals surface area (Å²) in [7, 11) is 0. The first-order chi connectivity index (χ1) is 9.25. The quantitative estimate of drug-likeness (QED) is 0.797. The van der Waals surface area contributed by atoms with Gasteiger partial charge < -0.3 is 10.1 Å². The summed E-state index contributed by atoms with van der Waals surface area (Å²) >= 11 is 0. The van der Waals surface area contributed by atoms with Gasteiger partial charge in [-0.2, -0.15) is 0 Å². The zero-order valence-corrected chi connectivity index (χ0v) is 11.6. The predicted molar refractivity (Wildman–Crippen MR) is 74.7 cm³/mol. The van der Waals surface area contributed by atoms with Crippen LogP contribution >= 0.6 is 0 Å². The Morgan fingerprint density at radius 3 is 2.84 bits per heavy atom. The van der Waals surface area contributed by atoms with E-state index in [1.807, 2.05) is 12.1 Å². The van der Waals surface area contributed by atoms with Gasteiger partial charge >= 0.3 is 0 Å². The largest absolute Gasteiger partial charge is 0.379 e. The molecule has 0 aromatic heterocycles. The second kappa shape index (κ2) is 7.58. The number of morpholine rings is 1. The Bertz CT molecular complexity index is 392. The van der Waals surface area contributed by atoms with Crippen LogP contribution < -0.4 is 5.32 Å². The fourth-order valence-electron chi connectivity index (χ4n) is 2.23. The summed E-state index contributed by atoms with van der Waals surface area (Å²) in [6, 6.07) is 5.43. The maximum absolute atomic E-state index is 13.4. The average molecular weight is 266 g/mol. The van der Waals surface area contributed by atoms with Crippen LogP contribution in [0.4, 0.5) is 4.39 Å². The molecular formula is C15H23FN2O. The average Bonchev–Trinajstić information content (AvgIpc) is 2.43. The summed E-state index contributed by atoms with van der Waals surface area (Å²) in [5.41, 5.74) is 1.71. The van der Waals surface area contributed by atoms with Crippen molar-refractivity contribution in [3.63, 3.8) is 0 Å². The van der Waals surface area contributed by atoms with Crippen LogP contribution in [0.2, 0.25) is 0 Å². The molecule has 1 fully saturated rings. The lowest BCUT2D eigenvalue weighted by Gasteiger charge is -2.26. The van der Waals surface area contributed by atoms with E-state index in [1.165, 1.54) is 0 Å². The van der Waals surface area contributed by atoms with Gasteiger partial charge in [-0.25, -0.2) is 4.39 Å². The molecule has 19 heavy (non-hydrogen) atoms. The first-order valence-electron chi connectivity index (χ1n) is 7.01. The molecule has 0 bridgehead atoms. The van der Waals surface area contributed by atoms with Gasteiger partial charge in [0.15, 0.2) is 0 Å². The summed E-state index contributed by atoms with van der Waals surface area (Å²) < 4.78 is 18.7. The minimum Gasteiger partial charge on any atom is -0.379 e.